The monoisotopic (exact) mass is 240 g/mol. The third-order valence-electron chi connectivity index (χ3n) is 2.30. The molecule has 4 heteroatoms. The molecule has 2 rings (SSSR count). The molecule has 2 nitrogen and oxygen atoms in total. The van der Waals surface area contributed by atoms with Gasteiger partial charge in [0.2, 0.25) is 0 Å². The van der Waals surface area contributed by atoms with Gasteiger partial charge < -0.3 is 5.32 Å². The van der Waals surface area contributed by atoms with Crippen molar-refractivity contribution < 1.29 is 0 Å². The average Bonchev–Trinajstić information content (AvgIpc) is 2.77. The molecule has 0 saturated carbocycles. The molecule has 0 fully saturated rings. The van der Waals surface area contributed by atoms with Crippen LogP contribution in [0.25, 0.3) is 0 Å². The van der Waals surface area contributed by atoms with Crippen LogP contribution in [0.1, 0.15) is 19.4 Å². The van der Waals surface area contributed by atoms with E-state index in [0.29, 0.717) is 11.3 Å². The molecule has 0 saturated heterocycles. The van der Waals surface area contributed by atoms with Crippen LogP contribution in [-0.2, 0) is 6.42 Å². The molecule has 1 aliphatic heterocycles. The number of thioether (sulfide) groups is 1. The van der Waals surface area contributed by atoms with E-state index in [9.17, 15) is 0 Å². The lowest BCUT2D eigenvalue weighted by atomic mass is 10.1. The predicted octanol–water partition coefficient (Wildman–Crippen LogP) is 2.76. The molecule has 82 valence electrons. The van der Waals surface area contributed by atoms with Crippen molar-refractivity contribution >= 4 is 28.3 Å². The Morgan fingerprint density at radius 2 is 2.53 bits per heavy atom. The Bertz CT molecular complexity index is 332. The van der Waals surface area contributed by atoms with Gasteiger partial charge in [0, 0.05) is 11.3 Å². The van der Waals surface area contributed by atoms with E-state index in [1.54, 1.807) is 11.3 Å². The summed E-state index contributed by atoms with van der Waals surface area (Å²) in [6.45, 7) is 5.38. The third kappa shape index (κ3) is 3.24. The summed E-state index contributed by atoms with van der Waals surface area (Å²) in [6.07, 6.45) is 1.08. The van der Waals surface area contributed by atoms with Gasteiger partial charge >= 0.3 is 0 Å². The van der Waals surface area contributed by atoms with Crippen molar-refractivity contribution in [3.05, 3.63) is 22.4 Å². The highest BCUT2D eigenvalue weighted by Crippen LogP contribution is 2.19. The fourth-order valence-electron chi connectivity index (χ4n) is 1.58. The maximum Gasteiger partial charge on any atom is 0.157 e. The fourth-order valence-corrected chi connectivity index (χ4v) is 3.21. The van der Waals surface area contributed by atoms with Gasteiger partial charge in [-0.25, -0.2) is 0 Å². The fraction of sp³-hybridized carbons (Fsp3) is 0.545. The summed E-state index contributed by atoms with van der Waals surface area (Å²) in [5.41, 5.74) is 1.41. The lowest BCUT2D eigenvalue weighted by Gasteiger charge is -2.13. The third-order valence-corrected chi connectivity index (χ3v) is 4.05. The molecule has 2 heterocycles. The second kappa shape index (κ2) is 5.03. The van der Waals surface area contributed by atoms with E-state index in [4.69, 9.17) is 0 Å². The Labute approximate surface area is 99.2 Å². The van der Waals surface area contributed by atoms with Gasteiger partial charge in [-0.15, -0.1) is 0 Å². The van der Waals surface area contributed by atoms with Crippen molar-refractivity contribution in [2.45, 2.75) is 31.6 Å². The minimum atomic E-state index is 0.469. The molecule has 15 heavy (non-hydrogen) atoms. The number of thiophene rings is 1. The first-order chi connectivity index (χ1) is 7.24. The van der Waals surface area contributed by atoms with Gasteiger partial charge in [-0.2, -0.15) is 11.3 Å². The van der Waals surface area contributed by atoms with Crippen LogP contribution in [0.4, 0.5) is 0 Å². The second-order valence-corrected chi connectivity index (χ2v) is 6.16. The molecule has 2 atom stereocenters. The Balaban J connectivity index is 1.80. The van der Waals surface area contributed by atoms with Crippen LogP contribution >= 0.6 is 23.1 Å². The number of hydrogen-bond donors (Lipinski definition) is 1. The van der Waals surface area contributed by atoms with Crippen LogP contribution in [0, 0.1) is 0 Å². The molecule has 1 N–H and O–H groups in total. The molecule has 0 amide bonds. The highest BCUT2D eigenvalue weighted by molar-refractivity contribution is 8.14. The first-order valence-corrected chi connectivity index (χ1v) is 7.05. The molecule has 0 spiro atoms. The molecule has 1 aromatic rings. The standard InChI is InChI=1S/C11H16N2S2/c1-8(5-10-3-4-14-7-10)13-11-12-6-9(2)15-11/h3-4,7-9H,5-6H2,1-2H3,(H,12,13). The minimum Gasteiger partial charge on any atom is -0.362 e. The topological polar surface area (TPSA) is 24.4 Å². The summed E-state index contributed by atoms with van der Waals surface area (Å²) in [5.74, 6) is 0. The van der Waals surface area contributed by atoms with Gasteiger partial charge in [-0.1, -0.05) is 18.7 Å². The Morgan fingerprint density at radius 1 is 1.67 bits per heavy atom. The van der Waals surface area contributed by atoms with Crippen LogP contribution in [-0.4, -0.2) is 23.0 Å². The van der Waals surface area contributed by atoms with Crippen molar-refractivity contribution in [2.75, 3.05) is 6.54 Å². The normalized spacial score (nSPS) is 22.5. The zero-order chi connectivity index (χ0) is 10.7. The Kier molecular flexibility index (Phi) is 3.70. The van der Waals surface area contributed by atoms with Crippen LogP contribution in [0.5, 0.6) is 0 Å². The van der Waals surface area contributed by atoms with Gasteiger partial charge in [0.25, 0.3) is 0 Å². The number of hydrogen-bond acceptors (Lipinski definition) is 4. The number of nitrogens with zero attached hydrogens (tertiary/aromatic N) is 1. The van der Waals surface area contributed by atoms with E-state index < -0.39 is 0 Å². The summed E-state index contributed by atoms with van der Waals surface area (Å²) < 4.78 is 0. The van der Waals surface area contributed by atoms with Crippen LogP contribution in [0.15, 0.2) is 21.8 Å². The van der Waals surface area contributed by atoms with E-state index in [1.165, 1.54) is 5.56 Å². The lowest BCUT2D eigenvalue weighted by molar-refractivity contribution is 0.666. The van der Waals surface area contributed by atoms with Crippen molar-refractivity contribution in [3.63, 3.8) is 0 Å². The molecule has 1 aromatic heterocycles. The maximum absolute atomic E-state index is 4.46. The largest absolute Gasteiger partial charge is 0.362 e. The van der Waals surface area contributed by atoms with E-state index in [0.717, 1.165) is 18.1 Å². The quantitative estimate of drug-likeness (QED) is 0.878. The zero-order valence-electron chi connectivity index (χ0n) is 9.06. The Morgan fingerprint density at radius 3 is 3.13 bits per heavy atom. The second-order valence-electron chi connectivity index (χ2n) is 3.96. The summed E-state index contributed by atoms with van der Waals surface area (Å²) >= 11 is 3.61. The van der Waals surface area contributed by atoms with Crippen molar-refractivity contribution in [2.24, 2.45) is 4.99 Å². The molecule has 0 radical (unpaired) electrons. The van der Waals surface area contributed by atoms with Gasteiger partial charge in [-0.3, -0.25) is 4.99 Å². The summed E-state index contributed by atoms with van der Waals surface area (Å²) in [6, 6.07) is 2.66. The smallest absolute Gasteiger partial charge is 0.157 e. The highest BCUT2D eigenvalue weighted by atomic mass is 32.2. The van der Waals surface area contributed by atoms with Crippen LogP contribution in [0.3, 0.4) is 0 Å². The SMILES string of the molecule is CC(Cc1ccsc1)NC1=NCC(C)S1. The van der Waals surface area contributed by atoms with E-state index in [1.807, 2.05) is 11.8 Å². The number of amidine groups is 1. The van der Waals surface area contributed by atoms with E-state index in [2.05, 4.69) is 41.0 Å². The molecule has 2 unspecified atom stereocenters. The number of aliphatic imine (C=N–C) groups is 1. The average molecular weight is 240 g/mol. The van der Waals surface area contributed by atoms with Gasteiger partial charge in [0.05, 0.1) is 6.54 Å². The summed E-state index contributed by atoms with van der Waals surface area (Å²) in [5, 5.41) is 9.56. The van der Waals surface area contributed by atoms with E-state index in [-0.39, 0.29) is 0 Å². The maximum atomic E-state index is 4.46. The molecule has 1 aliphatic rings. The van der Waals surface area contributed by atoms with Crippen molar-refractivity contribution in [1.29, 1.82) is 0 Å². The minimum absolute atomic E-state index is 0.469. The summed E-state index contributed by atoms with van der Waals surface area (Å²) in [7, 11) is 0. The number of rotatable bonds is 3. The van der Waals surface area contributed by atoms with Crippen LogP contribution < -0.4 is 5.32 Å². The highest BCUT2D eigenvalue weighted by Gasteiger charge is 2.16. The Hall–Kier alpha value is -0.480. The predicted molar refractivity (Wildman–Crippen MR) is 70.0 cm³/mol. The summed E-state index contributed by atoms with van der Waals surface area (Å²) in [4.78, 5) is 4.46. The number of nitrogens with one attached hydrogen (secondary N) is 1. The molecule has 0 bridgehead atoms. The zero-order valence-corrected chi connectivity index (χ0v) is 10.7. The van der Waals surface area contributed by atoms with Crippen molar-refractivity contribution in [3.8, 4) is 0 Å². The van der Waals surface area contributed by atoms with E-state index >= 15 is 0 Å². The molecular formula is C11H16N2S2. The first-order valence-electron chi connectivity index (χ1n) is 5.23. The lowest BCUT2D eigenvalue weighted by Crippen LogP contribution is -2.31. The van der Waals surface area contributed by atoms with Crippen LogP contribution in [0.2, 0.25) is 0 Å². The van der Waals surface area contributed by atoms with Gasteiger partial charge in [0.1, 0.15) is 0 Å². The van der Waals surface area contributed by atoms with Gasteiger partial charge in [-0.05, 0) is 35.7 Å². The van der Waals surface area contributed by atoms with Crippen molar-refractivity contribution in [1.82, 2.24) is 5.32 Å². The molecular weight excluding hydrogens is 224 g/mol. The molecule has 0 aliphatic carbocycles. The molecule has 0 aromatic carbocycles. The van der Waals surface area contributed by atoms with Gasteiger partial charge in [0.15, 0.2) is 5.17 Å². The first kappa shape index (κ1) is 11.0.